The predicted molar refractivity (Wildman–Crippen MR) is 101 cm³/mol. The number of fused-ring (bicyclic) bond motifs is 1. The van der Waals surface area contributed by atoms with Crippen molar-refractivity contribution in [2.24, 2.45) is 0 Å². The van der Waals surface area contributed by atoms with Crippen molar-refractivity contribution in [3.63, 3.8) is 0 Å². The molecule has 0 fully saturated rings. The second kappa shape index (κ2) is 7.70. The van der Waals surface area contributed by atoms with Crippen LogP contribution in [0.2, 0.25) is 0 Å². The van der Waals surface area contributed by atoms with Gasteiger partial charge in [0.2, 0.25) is 17.6 Å². The van der Waals surface area contributed by atoms with Crippen LogP contribution in [0, 0.1) is 0 Å². The molecule has 1 aliphatic carbocycles. The van der Waals surface area contributed by atoms with E-state index in [0.717, 1.165) is 24.8 Å². The topological polar surface area (TPSA) is 72.1 Å². The quantitative estimate of drug-likeness (QED) is 0.693. The number of pyridine rings is 1. The molecule has 0 saturated carbocycles. The van der Waals surface area contributed by atoms with E-state index in [-0.39, 0.29) is 11.9 Å². The number of amides is 1. The minimum atomic E-state index is 0.0952. The maximum Gasteiger partial charge on any atom is 0.227 e. The molecule has 1 aromatic carbocycles. The van der Waals surface area contributed by atoms with Gasteiger partial charge in [-0.25, -0.2) is 0 Å². The third-order valence-corrected chi connectivity index (χ3v) is 5.14. The number of hydrogen-bond donors (Lipinski definition) is 0. The van der Waals surface area contributed by atoms with Crippen LogP contribution < -0.4 is 0 Å². The van der Waals surface area contributed by atoms with E-state index in [1.165, 1.54) is 11.1 Å². The third kappa shape index (κ3) is 3.74. The average Bonchev–Trinajstić information content (AvgIpc) is 3.21. The average molecular weight is 362 g/mol. The van der Waals surface area contributed by atoms with Gasteiger partial charge >= 0.3 is 0 Å². The highest BCUT2D eigenvalue weighted by molar-refractivity contribution is 5.76. The first-order chi connectivity index (χ1) is 13.2. The molecule has 1 atom stereocenters. The maximum absolute atomic E-state index is 12.7. The van der Waals surface area contributed by atoms with Gasteiger partial charge in [0, 0.05) is 37.8 Å². The largest absolute Gasteiger partial charge is 0.339 e. The first-order valence-electron chi connectivity index (χ1n) is 9.29. The van der Waals surface area contributed by atoms with Crippen LogP contribution in [0.3, 0.4) is 0 Å². The Morgan fingerprint density at radius 3 is 3.00 bits per heavy atom. The summed E-state index contributed by atoms with van der Waals surface area (Å²) >= 11 is 0. The van der Waals surface area contributed by atoms with Crippen LogP contribution >= 0.6 is 0 Å². The zero-order valence-corrected chi connectivity index (χ0v) is 15.3. The zero-order chi connectivity index (χ0) is 18.6. The minimum Gasteiger partial charge on any atom is -0.339 e. The first-order valence-corrected chi connectivity index (χ1v) is 9.29. The van der Waals surface area contributed by atoms with Crippen LogP contribution in [0.4, 0.5) is 0 Å². The summed E-state index contributed by atoms with van der Waals surface area (Å²) in [5.74, 6) is 1.07. The molecular weight excluding hydrogens is 340 g/mol. The molecule has 0 spiro atoms. The van der Waals surface area contributed by atoms with Gasteiger partial charge in [-0.1, -0.05) is 29.4 Å². The van der Waals surface area contributed by atoms with Gasteiger partial charge in [-0.15, -0.1) is 0 Å². The van der Waals surface area contributed by atoms with E-state index >= 15 is 0 Å². The molecule has 0 saturated heterocycles. The Morgan fingerprint density at radius 2 is 2.15 bits per heavy atom. The highest BCUT2D eigenvalue weighted by Crippen LogP contribution is 2.33. The number of carbonyl (C=O) groups excluding carboxylic acids is 1. The lowest BCUT2D eigenvalue weighted by Crippen LogP contribution is -2.33. The number of aromatic nitrogens is 3. The molecule has 138 valence electrons. The monoisotopic (exact) mass is 362 g/mol. The summed E-state index contributed by atoms with van der Waals surface area (Å²) in [6.07, 6.45) is 7.38. The molecule has 6 heteroatoms. The Kier molecular flexibility index (Phi) is 4.96. The van der Waals surface area contributed by atoms with Crippen LogP contribution in [0.25, 0.3) is 11.4 Å². The lowest BCUT2D eigenvalue weighted by atomic mass is 9.87. The van der Waals surface area contributed by atoms with Crippen molar-refractivity contribution in [2.75, 3.05) is 7.05 Å². The van der Waals surface area contributed by atoms with Crippen LogP contribution in [0.15, 0.2) is 53.3 Å². The number of aryl methyl sites for hydroxylation is 2. The zero-order valence-electron chi connectivity index (χ0n) is 15.3. The van der Waals surface area contributed by atoms with Gasteiger partial charge < -0.3 is 9.42 Å². The van der Waals surface area contributed by atoms with E-state index < -0.39 is 0 Å². The number of carbonyl (C=O) groups is 1. The number of rotatable bonds is 5. The summed E-state index contributed by atoms with van der Waals surface area (Å²) in [7, 11) is 1.89. The molecule has 1 amide bonds. The maximum atomic E-state index is 12.7. The summed E-state index contributed by atoms with van der Waals surface area (Å²) in [6.45, 7) is 0. The fourth-order valence-electron chi connectivity index (χ4n) is 3.66. The standard InChI is InChI=1S/C21H22N4O2/c1-25(18-10-4-7-15-6-2-3-9-17(15)18)20(26)12-11-19-23-21(24-27-19)16-8-5-13-22-14-16/h2-3,5-6,8-9,13-14,18H,4,7,10-12H2,1H3/t18-/m0/s1. The van der Waals surface area contributed by atoms with Gasteiger partial charge in [-0.2, -0.15) is 4.98 Å². The predicted octanol–water partition coefficient (Wildman–Crippen LogP) is 3.60. The second-order valence-electron chi connectivity index (χ2n) is 6.86. The normalized spacial score (nSPS) is 16.0. The second-order valence-corrected chi connectivity index (χ2v) is 6.86. The molecule has 0 aliphatic heterocycles. The minimum absolute atomic E-state index is 0.0952. The van der Waals surface area contributed by atoms with E-state index in [1.807, 2.05) is 30.1 Å². The molecule has 0 N–H and O–H groups in total. The van der Waals surface area contributed by atoms with Crippen molar-refractivity contribution in [3.8, 4) is 11.4 Å². The van der Waals surface area contributed by atoms with Crippen LogP contribution in [0.5, 0.6) is 0 Å². The molecule has 2 heterocycles. The number of benzene rings is 1. The molecule has 2 aromatic heterocycles. The van der Waals surface area contributed by atoms with Gasteiger partial charge in [0.1, 0.15) is 0 Å². The Hall–Kier alpha value is -3.02. The number of nitrogens with zero attached hydrogens (tertiary/aromatic N) is 4. The summed E-state index contributed by atoms with van der Waals surface area (Å²) in [5, 5.41) is 3.98. The van der Waals surface area contributed by atoms with Crippen LogP contribution in [-0.4, -0.2) is 33.0 Å². The molecule has 0 unspecified atom stereocenters. The van der Waals surface area contributed by atoms with Crippen molar-refractivity contribution in [1.29, 1.82) is 0 Å². The van der Waals surface area contributed by atoms with Gasteiger partial charge in [-0.3, -0.25) is 9.78 Å². The highest BCUT2D eigenvalue weighted by Gasteiger charge is 2.26. The van der Waals surface area contributed by atoms with Crippen LogP contribution in [0.1, 0.15) is 42.3 Å². The highest BCUT2D eigenvalue weighted by atomic mass is 16.5. The van der Waals surface area contributed by atoms with Gasteiger partial charge in [0.15, 0.2) is 0 Å². The molecular formula is C21H22N4O2. The summed E-state index contributed by atoms with van der Waals surface area (Å²) in [4.78, 5) is 23.0. The van der Waals surface area contributed by atoms with Crippen molar-refractivity contribution in [2.45, 2.75) is 38.1 Å². The number of hydrogen-bond acceptors (Lipinski definition) is 5. The fraction of sp³-hybridized carbons (Fsp3) is 0.333. The lowest BCUT2D eigenvalue weighted by Gasteiger charge is -2.33. The van der Waals surface area contributed by atoms with Crippen molar-refractivity contribution >= 4 is 5.91 Å². The first kappa shape index (κ1) is 17.4. The Labute approximate surface area is 158 Å². The summed E-state index contributed by atoms with van der Waals surface area (Å²) in [6, 6.07) is 12.3. The Bertz CT molecular complexity index is 923. The third-order valence-electron chi connectivity index (χ3n) is 5.14. The van der Waals surface area contributed by atoms with Gasteiger partial charge in [-0.05, 0) is 42.5 Å². The smallest absolute Gasteiger partial charge is 0.227 e. The molecule has 6 nitrogen and oxygen atoms in total. The molecule has 1 aliphatic rings. The van der Waals surface area contributed by atoms with E-state index in [2.05, 4.69) is 33.3 Å². The van der Waals surface area contributed by atoms with E-state index in [9.17, 15) is 4.79 Å². The van der Waals surface area contributed by atoms with Gasteiger partial charge in [0.25, 0.3) is 0 Å². The van der Waals surface area contributed by atoms with E-state index in [4.69, 9.17) is 4.52 Å². The van der Waals surface area contributed by atoms with E-state index in [0.29, 0.717) is 24.6 Å². The molecule has 0 bridgehead atoms. The lowest BCUT2D eigenvalue weighted by molar-refractivity contribution is -0.132. The van der Waals surface area contributed by atoms with Crippen molar-refractivity contribution in [3.05, 3.63) is 65.8 Å². The Morgan fingerprint density at radius 1 is 1.26 bits per heavy atom. The van der Waals surface area contributed by atoms with Crippen molar-refractivity contribution < 1.29 is 9.32 Å². The van der Waals surface area contributed by atoms with Crippen molar-refractivity contribution in [1.82, 2.24) is 20.0 Å². The fourth-order valence-corrected chi connectivity index (χ4v) is 3.66. The summed E-state index contributed by atoms with van der Waals surface area (Å²) in [5.41, 5.74) is 3.43. The SMILES string of the molecule is CN(C(=O)CCc1nc(-c2cccnc2)no1)[C@H]1CCCc2ccccc21. The van der Waals surface area contributed by atoms with Crippen LogP contribution in [-0.2, 0) is 17.6 Å². The molecule has 0 radical (unpaired) electrons. The molecule has 3 aromatic rings. The van der Waals surface area contributed by atoms with Gasteiger partial charge in [0.05, 0.1) is 6.04 Å². The Balaban J connectivity index is 1.39. The molecule has 4 rings (SSSR count). The van der Waals surface area contributed by atoms with E-state index in [1.54, 1.807) is 12.4 Å². The summed E-state index contributed by atoms with van der Waals surface area (Å²) < 4.78 is 5.29. The molecule has 27 heavy (non-hydrogen) atoms.